The highest BCUT2D eigenvalue weighted by atomic mass is 15.0. The van der Waals surface area contributed by atoms with Gasteiger partial charge in [-0.1, -0.05) is 96.8 Å². The zero-order valence-corrected chi connectivity index (χ0v) is 16.8. The van der Waals surface area contributed by atoms with Crippen LogP contribution in [0, 0.1) is 11.8 Å². The number of para-hydroxylation sites is 2. The van der Waals surface area contributed by atoms with Gasteiger partial charge < -0.3 is 0 Å². The molecule has 0 N–H and O–H groups in total. The Morgan fingerprint density at radius 2 is 1.23 bits per heavy atom. The van der Waals surface area contributed by atoms with Crippen molar-refractivity contribution in [3.05, 3.63) is 120 Å². The minimum atomic E-state index is 0.959. The molecule has 2 aromatic heterocycles. The van der Waals surface area contributed by atoms with Crippen LogP contribution in [0.1, 0.15) is 11.1 Å². The number of nitrogens with zero attached hydrogens (tertiary/aromatic N) is 2. The summed E-state index contributed by atoms with van der Waals surface area (Å²) in [6.45, 7) is 0. The SMILES string of the molecule is C(#Cc1c(-c2ccccc2)n2c3ccccc3nc2c2ccccc12)c1ccccc1. The average Bonchev–Trinajstić information content (AvgIpc) is 3.23. The van der Waals surface area contributed by atoms with Gasteiger partial charge in [-0.25, -0.2) is 4.98 Å². The molecule has 0 atom stereocenters. The summed E-state index contributed by atoms with van der Waals surface area (Å²) in [4.78, 5) is 5.00. The van der Waals surface area contributed by atoms with E-state index < -0.39 is 0 Å². The Balaban J connectivity index is 1.83. The Morgan fingerprint density at radius 1 is 0.581 bits per heavy atom. The molecule has 0 fully saturated rings. The maximum absolute atomic E-state index is 5.00. The maximum atomic E-state index is 5.00. The number of hydrogen-bond acceptors (Lipinski definition) is 1. The molecule has 0 radical (unpaired) electrons. The van der Waals surface area contributed by atoms with Crippen LogP contribution in [-0.4, -0.2) is 9.38 Å². The smallest absolute Gasteiger partial charge is 0.146 e. The summed E-state index contributed by atoms with van der Waals surface area (Å²) in [6, 6.07) is 37.4. The van der Waals surface area contributed by atoms with E-state index in [1.54, 1.807) is 0 Å². The molecule has 31 heavy (non-hydrogen) atoms. The van der Waals surface area contributed by atoms with Crippen molar-refractivity contribution in [3.63, 3.8) is 0 Å². The first-order valence-corrected chi connectivity index (χ1v) is 10.3. The van der Waals surface area contributed by atoms with Gasteiger partial charge in [-0.05, 0) is 29.8 Å². The van der Waals surface area contributed by atoms with Gasteiger partial charge in [-0.15, -0.1) is 0 Å². The summed E-state index contributed by atoms with van der Waals surface area (Å²) >= 11 is 0. The summed E-state index contributed by atoms with van der Waals surface area (Å²) in [7, 11) is 0. The number of rotatable bonds is 1. The molecule has 6 rings (SSSR count). The van der Waals surface area contributed by atoms with Gasteiger partial charge in [0.1, 0.15) is 5.65 Å². The molecule has 0 unspecified atom stereocenters. The monoisotopic (exact) mass is 394 g/mol. The van der Waals surface area contributed by atoms with Crippen molar-refractivity contribution in [2.45, 2.75) is 0 Å². The number of aromatic nitrogens is 2. The van der Waals surface area contributed by atoms with Gasteiger partial charge in [0.15, 0.2) is 0 Å². The lowest BCUT2D eigenvalue weighted by Gasteiger charge is -2.14. The highest BCUT2D eigenvalue weighted by molar-refractivity contribution is 6.05. The predicted octanol–water partition coefficient (Wildman–Crippen LogP) is 6.71. The third-order valence-corrected chi connectivity index (χ3v) is 5.61. The first-order chi connectivity index (χ1) is 15.4. The minimum Gasteiger partial charge on any atom is -0.290 e. The summed E-state index contributed by atoms with van der Waals surface area (Å²) in [5.41, 5.74) is 7.25. The lowest BCUT2D eigenvalue weighted by atomic mass is 9.99. The summed E-state index contributed by atoms with van der Waals surface area (Å²) < 4.78 is 2.27. The molecular weight excluding hydrogens is 376 g/mol. The maximum Gasteiger partial charge on any atom is 0.146 e. The molecule has 144 valence electrons. The predicted molar refractivity (Wildman–Crippen MR) is 128 cm³/mol. The van der Waals surface area contributed by atoms with E-state index >= 15 is 0 Å². The largest absolute Gasteiger partial charge is 0.290 e. The van der Waals surface area contributed by atoms with Crippen LogP contribution in [0.5, 0.6) is 0 Å². The Bertz CT molecular complexity index is 1620. The van der Waals surface area contributed by atoms with Gasteiger partial charge in [-0.3, -0.25) is 4.40 Å². The van der Waals surface area contributed by atoms with Crippen molar-refractivity contribution in [3.8, 4) is 23.1 Å². The molecule has 0 spiro atoms. The Morgan fingerprint density at radius 3 is 2.03 bits per heavy atom. The van der Waals surface area contributed by atoms with Crippen LogP contribution in [-0.2, 0) is 0 Å². The van der Waals surface area contributed by atoms with Crippen molar-refractivity contribution >= 4 is 27.5 Å². The van der Waals surface area contributed by atoms with Gasteiger partial charge in [0.25, 0.3) is 0 Å². The van der Waals surface area contributed by atoms with Crippen molar-refractivity contribution in [1.82, 2.24) is 9.38 Å². The first kappa shape index (κ1) is 17.5. The number of imidazole rings is 1. The van der Waals surface area contributed by atoms with Crippen LogP contribution in [0.15, 0.2) is 109 Å². The van der Waals surface area contributed by atoms with E-state index in [0.29, 0.717) is 0 Å². The molecule has 2 nitrogen and oxygen atoms in total. The second kappa shape index (κ2) is 7.16. The van der Waals surface area contributed by atoms with Gasteiger partial charge in [0, 0.05) is 16.3 Å². The van der Waals surface area contributed by atoms with Crippen LogP contribution in [0.3, 0.4) is 0 Å². The zero-order chi connectivity index (χ0) is 20.6. The van der Waals surface area contributed by atoms with E-state index in [4.69, 9.17) is 4.98 Å². The lowest BCUT2D eigenvalue weighted by molar-refractivity contribution is 1.24. The topological polar surface area (TPSA) is 17.3 Å². The van der Waals surface area contributed by atoms with Crippen molar-refractivity contribution in [2.75, 3.05) is 0 Å². The Hall–Kier alpha value is -4.35. The molecule has 0 amide bonds. The normalized spacial score (nSPS) is 11.0. The number of hydrogen-bond donors (Lipinski definition) is 0. The van der Waals surface area contributed by atoms with Gasteiger partial charge >= 0.3 is 0 Å². The molecule has 0 aliphatic rings. The van der Waals surface area contributed by atoms with Crippen molar-refractivity contribution < 1.29 is 0 Å². The van der Waals surface area contributed by atoms with E-state index in [2.05, 4.69) is 83.0 Å². The van der Waals surface area contributed by atoms with Crippen LogP contribution in [0.4, 0.5) is 0 Å². The molecule has 0 aliphatic heterocycles. The van der Waals surface area contributed by atoms with Crippen LogP contribution < -0.4 is 0 Å². The van der Waals surface area contributed by atoms with Gasteiger partial charge in [-0.2, -0.15) is 0 Å². The fourth-order valence-electron chi connectivity index (χ4n) is 4.22. The molecule has 2 heteroatoms. The molecule has 6 aromatic rings. The fraction of sp³-hybridized carbons (Fsp3) is 0. The molecule has 0 saturated heterocycles. The molecule has 0 bridgehead atoms. The Labute approximate surface area is 180 Å². The van der Waals surface area contributed by atoms with Crippen LogP contribution >= 0.6 is 0 Å². The molecule has 4 aromatic carbocycles. The second-order valence-electron chi connectivity index (χ2n) is 7.51. The highest BCUT2D eigenvalue weighted by Crippen LogP contribution is 2.35. The van der Waals surface area contributed by atoms with E-state index in [0.717, 1.165) is 49.8 Å². The third kappa shape index (κ3) is 2.87. The highest BCUT2D eigenvalue weighted by Gasteiger charge is 2.18. The van der Waals surface area contributed by atoms with E-state index in [1.807, 2.05) is 42.5 Å². The van der Waals surface area contributed by atoms with Crippen molar-refractivity contribution in [1.29, 1.82) is 0 Å². The van der Waals surface area contributed by atoms with Gasteiger partial charge in [0.2, 0.25) is 0 Å². The molecule has 0 aliphatic carbocycles. The van der Waals surface area contributed by atoms with E-state index in [1.165, 1.54) is 0 Å². The fourth-order valence-corrected chi connectivity index (χ4v) is 4.22. The quantitative estimate of drug-likeness (QED) is 0.283. The lowest BCUT2D eigenvalue weighted by Crippen LogP contribution is -1.99. The van der Waals surface area contributed by atoms with Gasteiger partial charge in [0.05, 0.1) is 22.3 Å². The molecular formula is C29H18N2. The first-order valence-electron chi connectivity index (χ1n) is 10.3. The zero-order valence-electron chi connectivity index (χ0n) is 16.8. The summed E-state index contributed by atoms with van der Waals surface area (Å²) in [5.74, 6) is 6.90. The molecule has 2 heterocycles. The number of fused-ring (bicyclic) bond motifs is 5. The molecule has 0 saturated carbocycles. The minimum absolute atomic E-state index is 0.959. The number of benzene rings is 4. The third-order valence-electron chi connectivity index (χ3n) is 5.61. The average molecular weight is 394 g/mol. The second-order valence-corrected chi connectivity index (χ2v) is 7.51. The standard InChI is InChI=1S/C29H18N2/c1-3-11-21(12-4-1)19-20-24-23-15-7-8-16-25(23)29-30-26-17-9-10-18-27(26)31(29)28(24)22-13-5-2-6-14-22/h1-18H. The van der Waals surface area contributed by atoms with Crippen LogP contribution in [0.25, 0.3) is 38.7 Å². The van der Waals surface area contributed by atoms with E-state index in [-0.39, 0.29) is 0 Å². The van der Waals surface area contributed by atoms with Crippen LogP contribution in [0.2, 0.25) is 0 Å². The summed E-state index contributed by atoms with van der Waals surface area (Å²) in [6.07, 6.45) is 0. The van der Waals surface area contributed by atoms with E-state index in [9.17, 15) is 0 Å². The Kier molecular flexibility index (Phi) is 4.04. The van der Waals surface area contributed by atoms with Crippen molar-refractivity contribution in [2.24, 2.45) is 0 Å². The number of pyridine rings is 1. The summed E-state index contributed by atoms with van der Waals surface area (Å²) in [5, 5.41) is 2.23.